The minimum Gasteiger partial charge on any atom is -0.303 e. The molecule has 0 radical (unpaired) electrons. The fourth-order valence-corrected chi connectivity index (χ4v) is 1.60. The molecule has 1 fully saturated rings. The summed E-state index contributed by atoms with van der Waals surface area (Å²) in [7, 11) is 0. The van der Waals surface area contributed by atoms with Gasteiger partial charge in [-0.25, -0.2) is 0 Å². The average Bonchev–Trinajstić information content (AvgIpc) is 1.95. The maximum atomic E-state index is 2.58. The lowest BCUT2D eigenvalue weighted by atomic mass is 9.99. The van der Waals surface area contributed by atoms with Gasteiger partial charge in [0.25, 0.3) is 0 Å². The molecular weight excluding hydrogens is 158 g/mol. The lowest BCUT2D eigenvalue weighted by Crippen LogP contribution is -2.33. The molecule has 0 aliphatic carbocycles. The minimum atomic E-state index is 0. The fourth-order valence-electron chi connectivity index (χ4n) is 1.60. The molecular formula is C9H20ClN. The summed E-state index contributed by atoms with van der Waals surface area (Å²) in [5.41, 5.74) is 0. The molecule has 1 rings (SSSR count). The molecule has 0 amide bonds. The van der Waals surface area contributed by atoms with Crippen LogP contribution in [-0.2, 0) is 0 Å². The van der Waals surface area contributed by atoms with Gasteiger partial charge in [0.1, 0.15) is 0 Å². The summed E-state index contributed by atoms with van der Waals surface area (Å²) in [5, 5.41) is 0. The summed E-state index contributed by atoms with van der Waals surface area (Å²) in [5.74, 6) is 0.980. The van der Waals surface area contributed by atoms with Crippen molar-refractivity contribution >= 4 is 12.4 Å². The normalized spacial score (nSPS) is 21.3. The molecule has 68 valence electrons. The number of hydrogen-bond acceptors (Lipinski definition) is 1. The standard InChI is InChI=1S/C9H19N.ClH/c1-3-6-10-7-4-9(2)5-8-10;/h9H,3-8H2,1-2H3;1H. The molecule has 1 aliphatic rings. The van der Waals surface area contributed by atoms with Crippen LogP contribution >= 0.6 is 12.4 Å². The van der Waals surface area contributed by atoms with Crippen LogP contribution in [-0.4, -0.2) is 24.5 Å². The first-order valence-corrected chi connectivity index (χ1v) is 4.55. The molecule has 2 heteroatoms. The van der Waals surface area contributed by atoms with Gasteiger partial charge < -0.3 is 4.90 Å². The lowest BCUT2D eigenvalue weighted by Gasteiger charge is -2.29. The van der Waals surface area contributed by atoms with Crippen molar-refractivity contribution in [3.05, 3.63) is 0 Å². The third-order valence-electron chi connectivity index (χ3n) is 2.42. The van der Waals surface area contributed by atoms with Crippen molar-refractivity contribution in [2.24, 2.45) is 5.92 Å². The Kier molecular flexibility index (Phi) is 5.98. The van der Waals surface area contributed by atoms with E-state index in [2.05, 4.69) is 18.7 Å². The molecule has 11 heavy (non-hydrogen) atoms. The summed E-state index contributed by atoms with van der Waals surface area (Å²) in [4.78, 5) is 2.58. The lowest BCUT2D eigenvalue weighted by molar-refractivity contribution is 0.193. The van der Waals surface area contributed by atoms with Crippen LogP contribution in [0.4, 0.5) is 0 Å². The Hall–Kier alpha value is 0.250. The molecule has 0 unspecified atom stereocenters. The molecule has 0 bridgehead atoms. The first-order valence-electron chi connectivity index (χ1n) is 4.55. The highest BCUT2D eigenvalue weighted by molar-refractivity contribution is 5.85. The monoisotopic (exact) mass is 177 g/mol. The highest BCUT2D eigenvalue weighted by atomic mass is 35.5. The van der Waals surface area contributed by atoms with Gasteiger partial charge in [-0.1, -0.05) is 13.8 Å². The van der Waals surface area contributed by atoms with Gasteiger partial charge in [-0.15, -0.1) is 12.4 Å². The van der Waals surface area contributed by atoms with E-state index in [0.717, 1.165) is 5.92 Å². The highest BCUT2D eigenvalue weighted by Gasteiger charge is 2.13. The van der Waals surface area contributed by atoms with Gasteiger partial charge in [0.15, 0.2) is 0 Å². The first-order chi connectivity index (χ1) is 4.83. The number of halogens is 1. The summed E-state index contributed by atoms with van der Waals surface area (Å²) in [6.45, 7) is 8.62. The van der Waals surface area contributed by atoms with Crippen LogP contribution in [0.2, 0.25) is 0 Å². The number of piperidine rings is 1. The molecule has 0 aromatic carbocycles. The summed E-state index contributed by atoms with van der Waals surface area (Å²) in [6, 6.07) is 0. The van der Waals surface area contributed by atoms with E-state index in [1.807, 2.05) is 0 Å². The third kappa shape index (κ3) is 3.97. The maximum absolute atomic E-state index is 2.58. The average molecular weight is 178 g/mol. The van der Waals surface area contributed by atoms with Crippen molar-refractivity contribution in [2.75, 3.05) is 19.6 Å². The zero-order valence-corrected chi connectivity index (χ0v) is 8.49. The largest absolute Gasteiger partial charge is 0.303 e. The van der Waals surface area contributed by atoms with Crippen LogP contribution in [0.15, 0.2) is 0 Å². The summed E-state index contributed by atoms with van der Waals surface area (Å²) >= 11 is 0. The molecule has 1 heterocycles. The predicted molar refractivity (Wildman–Crippen MR) is 52.4 cm³/mol. The van der Waals surface area contributed by atoms with E-state index in [-0.39, 0.29) is 12.4 Å². The van der Waals surface area contributed by atoms with Crippen LogP contribution in [0.25, 0.3) is 0 Å². The second-order valence-corrected chi connectivity index (χ2v) is 3.52. The van der Waals surface area contributed by atoms with E-state index in [0.29, 0.717) is 0 Å². The molecule has 1 aliphatic heterocycles. The van der Waals surface area contributed by atoms with Gasteiger partial charge in [-0.3, -0.25) is 0 Å². The Morgan fingerprint density at radius 1 is 1.27 bits per heavy atom. The van der Waals surface area contributed by atoms with Gasteiger partial charge in [0, 0.05) is 0 Å². The summed E-state index contributed by atoms with van der Waals surface area (Å²) < 4.78 is 0. The maximum Gasteiger partial charge on any atom is -0.00162 e. The van der Waals surface area contributed by atoms with Crippen molar-refractivity contribution in [1.29, 1.82) is 0 Å². The van der Waals surface area contributed by atoms with Crippen molar-refractivity contribution in [2.45, 2.75) is 33.1 Å². The van der Waals surface area contributed by atoms with E-state index in [4.69, 9.17) is 0 Å². The Morgan fingerprint density at radius 2 is 1.82 bits per heavy atom. The van der Waals surface area contributed by atoms with E-state index >= 15 is 0 Å². The van der Waals surface area contributed by atoms with E-state index in [9.17, 15) is 0 Å². The van der Waals surface area contributed by atoms with Gasteiger partial charge in [0.05, 0.1) is 0 Å². The Balaban J connectivity index is 0.000001000. The minimum absolute atomic E-state index is 0. The molecule has 0 aromatic rings. The topological polar surface area (TPSA) is 3.24 Å². The van der Waals surface area contributed by atoms with Crippen LogP contribution in [0.3, 0.4) is 0 Å². The Morgan fingerprint density at radius 3 is 2.27 bits per heavy atom. The number of hydrogen-bond donors (Lipinski definition) is 0. The van der Waals surface area contributed by atoms with E-state index in [1.54, 1.807) is 0 Å². The van der Waals surface area contributed by atoms with Crippen LogP contribution in [0, 0.1) is 5.92 Å². The predicted octanol–water partition coefficient (Wildman–Crippen LogP) is 2.55. The summed E-state index contributed by atoms with van der Waals surface area (Å²) in [6.07, 6.45) is 4.15. The zero-order valence-electron chi connectivity index (χ0n) is 7.68. The first kappa shape index (κ1) is 11.2. The van der Waals surface area contributed by atoms with Gasteiger partial charge in [0.2, 0.25) is 0 Å². The smallest absolute Gasteiger partial charge is 0.00162 e. The Labute approximate surface area is 76.6 Å². The highest BCUT2D eigenvalue weighted by Crippen LogP contribution is 2.15. The van der Waals surface area contributed by atoms with Crippen molar-refractivity contribution in [3.8, 4) is 0 Å². The van der Waals surface area contributed by atoms with Gasteiger partial charge in [-0.2, -0.15) is 0 Å². The van der Waals surface area contributed by atoms with Crippen LogP contribution < -0.4 is 0 Å². The van der Waals surface area contributed by atoms with Crippen LogP contribution in [0.5, 0.6) is 0 Å². The number of nitrogens with zero attached hydrogens (tertiary/aromatic N) is 1. The zero-order chi connectivity index (χ0) is 7.40. The fraction of sp³-hybridized carbons (Fsp3) is 1.00. The number of rotatable bonds is 2. The van der Waals surface area contributed by atoms with E-state index < -0.39 is 0 Å². The molecule has 1 nitrogen and oxygen atoms in total. The Bertz CT molecular complexity index is 87.6. The van der Waals surface area contributed by atoms with Crippen molar-refractivity contribution in [3.63, 3.8) is 0 Å². The second kappa shape index (κ2) is 5.84. The van der Waals surface area contributed by atoms with E-state index in [1.165, 1.54) is 38.9 Å². The van der Waals surface area contributed by atoms with Crippen molar-refractivity contribution < 1.29 is 0 Å². The quantitative estimate of drug-likeness (QED) is 0.627. The molecule has 0 N–H and O–H groups in total. The van der Waals surface area contributed by atoms with Gasteiger partial charge >= 0.3 is 0 Å². The van der Waals surface area contributed by atoms with Crippen LogP contribution in [0.1, 0.15) is 33.1 Å². The van der Waals surface area contributed by atoms with Crippen molar-refractivity contribution in [1.82, 2.24) is 4.90 Å². The molecule has 1 saturated heterocycles. The second-order valence-electron chi connectivity index (χ2n) is 3.52. The molecule has 0 saturated carbocycles. The molecule has 0 aromatic heterocycles. The van der Waals surface area contributed by atoms with Gasteiger partial charge in [-0.05, 0) is 44.8 Å². The molecule has 0 spiro atoms. The third-order valence-corrected chi connectivity index (χ3v) is 2.42. The SMILES string of the molecule is CCCN1CCC(C)CC1.Cl. The number of likely N-dealkylation sites (tertiary alicyclic amines) is 1. The molecule has 0 atom stereocenters.